The van der Waals surface area contributed by atoms with Crippen LogP contribution in [0.2, 0.25) is 0 Å². The van der Waals surface area contributed by atoms with Crippen molar-refractivity contribution in [3.8, 4) is 11.5 Å². The van der Waals surface area contributed by atoms with E-state index in [2.05, 4.69) is 0 Å². The van der Waals surface area contributed by atoms with Gasteiger partial charge in [-0.1, -0.05) is 18.2 Å². The van der Waals surface area contributed by atoms with E-state index in [1.165, 1.54) is 11.6 Å². The van der Waals surface area contributed by atoms with E-state index in [1.54, 1.807) is 12.1 Å². The van der Waals surface area contributed by atoms with E-state index in [1.807, 2.05) is 24.3 Å². The molecule has 4 N–H and O–H groups in total. The lowest BCUT2D eigenvalue weighted by Crippen LogP contribution is -2.23. The van der Waals surface area contributed by atoms with Crippen molar-refractivity contribution in [1.82, 2.24) is 0 Å². The lowest BCUT2D eigenvalue weighted by molar-refractivity contribution is 0.0991. The third-order valence-corrected chi connectivity index (χ3v) is 3.41. The summed E-state index contributed by atoms with van der Waals surface area (Å²) >= 11 is 0. The first-order valence-corrected chi connectivity index (χ1v) is 6.70. The van der Waals surface area contributed by atoms with Crippen LogP contribution in [-0.4, -0.2) is 18.6 Å². The van der Waals surface area contributed by atoms with Crippen molar-refractivity contribution in [2.75, 3.05) is 12.3 Å². The Morgan fingerprint density at radius 2 is 2.10 bits per heavy atom. The van der Waals surface area contributed by atoms with Crippen molar-refractivity contribution in [3.63, 3.8) is 0 Å². The summed E-state index contributed by atoms with van der Waals surface area (Å²) in [6.07, 6.45) is 0.720. The van der Waals surface area contributed by atoms with E-state index >= 15 is 0 Å². The van der Waals surface area contributed by atoms with E-state index in [-0.39, 0.29) is 11.7 Å². The number of rotatable bonds is 4. The summed E-state index contributed by atoms with van der Waals surface area (Å²) in [5.74, 6) is 0.753. The highest BCUT2D eigenvalue weighted by atomic mass is 16.5. The minimum absolute atomic E-state index is 0.0688. The number of carbonyl (C=O) groups is 1. The molecule has 1 aliphatic heterocycles. The normalized spacial score (nSPS) is 16.1. The minimum atomic E-state index is -0.562. The largest absolute Gasteiger partial charge is 0.489 e. The van der Waals surface area contributed by atoms with Gasteiger partial charge in [-0.15, -0.1) is 0 Å². The van der Waals surface area contributed by atoms with Crippen LogP contribution in [0.15, 0.2) is 42.5 Å². The number of benzene rings is 2. The van der Waals surface area contributed by atoms with Gasteiger partial charge in [0.25, 0.3) is 5.91 Å². The third kappa shape index (κ3) is 2.76. The van der Waals surface area contributed by atoms with Crippen LogP contribution < -0.4 is 20.9 Å². The van der Waals surface area contributed by atoms with Gasteiger partial charge in [-0.2, -0.15) is 0 Å². The molecule has 0 fully saturated rings. The van der Waals surface area contributed by atoms with Crippen LogP contribution in [0.3, 0.4) is 0 Å². The summed E-state index contributed by atoms with van der Waals surface area (Å²) in [6, 6.07) is 12.7. The van der Waals surface area contributed by atoms with Crippen LogP contribution >= 0.6 is 0 Å². The molecule has 1 atom stereocenters. The van der Waals surface area contributed by atoms with Gasteiger partial charge < -0.3 is 20.9 Å². The molecule has 0 saturated carbocycles. The van der Waals surface area contributed by atoms with E-state index in [4.69, 9.17) is 20.9 Å². The van der Waals surface area contributed by atoms with Crippen molar-refractivity contribution in [3.05, 3.63) is 53.6 Å². The molecule has 1 unspecified atom stereocenters. The summed E-state index contributed by atoms with van der Waals surface area (Å²) < 4.78 is 11.5. The summed E-state index contributed by atoms with van der Waals surface area (Å²) in [5.41, 5.74) is 12.9. The number of anilines is 1. The summed E-state index contributed by atoms with van der Waals surface area (Å²) in [7, 11) is 0. The second kappa shape index (κ2) is 5.36. The zero-order valence-electron chi connectivity index (χ0n) is 11.4. The zero-order chi connectivity index (χ0) is 14.8. The van der Waals surface area contributed by atoms with Gasteiger partial charge in [-0.3, -0.25) is 4.79 Å². The lowest BCUT2D eigenvalue weighted by atomic mass is 10.1. The second-order valence-electron chi connectivity index (χ2n) is 4.98. The Morgan fingerprint density at radius 1 is 1.29 bits per heavy atom. The van der Waals surface area contributed by atoms with Crippen LogP contribution in [0, 0.1) is 0 Å². The molecule has 1 aliphatic rings. The van der Waals surface area contributed by atoms with Crippen molar-refractivity contribution < 1.29 is 14.3 Å². The molecule has 5 nitrogen and oxygen atoms in total. The van der Waals surface area contributed by atoms with E-state index in [0.717, 1.165) is 12.2 Å². The van der Waals surface area contributed by atoms with Gasteiger partial charge in [0.1, 0.15) is 24.2 Å². The number of carbonyl (C=O) groups excluding carboxylic acids is 1. The molecule has 1 heterocycles. The predicted molar refractivity (Wildman–Crippen MR) is 79.4 cm³/mol. The number of fused-ring (bicyclic) bond motifs is 1. The molecule has 1 amide bonds. The number of hydrogen-bond acceptors (Lipinski definition) is 4. The number of ether oxygens (including phenoxy) is 2. The number of hydrogen-bond donors (Lipinski definition) is 2. The zero-order valence-corrected chi connectivity index (χ0v) is 11.4. The first-order valence-electron chi connectivity index (χ1n) is 6.70. The maximum atomic E-state index is 11.4. The Balaban J connectivity index is 1.68. The standard InChI is InChI=1S/C16H16N2O3/c17-11-5-6-15(13(8-11)16(18)19)20-9-12-7-10-3-1-2-4-14(10)21-12/h1-6,8,12H,7,9,17H2,(H2,18,19). The highest BCUT2D eigenvalue weighted by Gasteiger charge is 2.23. The highest BCUT2D eigenvalue weighted by Crippen LogP contribution is 2.29. The molecule has 2 aromatic rings. The van der Waals surface area contributed by atoms with Gasteiger partial charge in [-0.25, -0.2) is 0 Å². The van der Waals surface area contributed by atoms with Gasteiger partial charge in [0.15, 0.2) is 0 Å². The Labute approximate surface area is 122 Å². The Morgan fingerprint density at radius 3 is 2.86 bits per heavy atom. The summed E-state index contributed by atoms with van der Waals surface area (Å²) in [6.45, 7) is 0.346. The van der Waals surface area contributed by atoms with Crippen LogP contribution in [0.1, 0.15) is 15.9 Å². The number of primary amides is 1. The molecule has 0 aromatic heterocycles. The van der Waals surface area contributed by atoms with Gasteiger partial charge in [0, 0.05) is 12.1 Å². The van der Waals surface area contributed by atoms with Crippen molar-refractivity contribution in [1.29, 1.82) is 0 Å². The Bertz CT molecular complexity index is 660. The average Bonchev–Trinajstić information content (AvgIpc) is 2.88. The summed E-state index contributed by atoms with van der Waals surface area (Å²) in [4.78, 5) is 11.4. The fourth-order valence-corrected chi connectivity index (χ4v) is 2.40. The SMILES string of the molecule is NC(=O)c1cc(N)ccc1OCC1Cc2ccccc2O1. The molecule has 108 valence electrons. The van der Waals surface area contributed by atoms with Gasteiger partial charge in [0.05, 0.1) is 5.56 Å². The van der Waals surface area contributed by atoms with Crippen molar-refractivity contribution in [2.24, 2.45) is 5.73 Å². The molecule has 0 spiro atoms. The van der Waals surface area contributed by atoms with E-state index in [0.29, 0.717) is 18.0 Å². The molecule has 0 radical (unpaired) electrons. The molecular weight excluding hydrogens is 268 g/mol. The quantitative estimate of drug-likeness (QED) is 0.837. The number of amides is 1. The smallest absolute Gasteiger partial charge is 0.252 e. The highest BCUT2D eigenvalue weighted by molar-refractivity contribution is 5.96. The number of nitrogens with two attached hydrogens (primary N) is 2. The Kier molecular flexibility index (Phi) is 3.39. The predicted octanol–water partition coefficient (Wildman–Crippen LogP) is 1.75. The van der Waals surface area contributed by atoms with Crippen LogP contribution in [0.25, 0.3) is 0 Å². The molecule has 2 aromatic carbocycles. The maximum Gasteiger partial charge on any atom is 0.252 e. The van der Waals surface area contributed by atoms with E-state index in [9.17, 15) is 4.79 Å². The van der Waals surface area contributed by atoms with E-state index < -0.39 is 5.91 Å². The molecule has 0 bridgehead atoms. The fourth-order valence-electron chi connectivity index (χ4n) is 2.40. The first kappa shape index (κ1) is 13.3. The molecule has 5 heteroatoms. The van der Waals surface area contributed by atoms with Crippen LogP contribution in [0.5, 0.6) is 11.5 Å². The average molecular weight is 284 g/mol. The molecule has 21 heavy (non-hydrogen) atoms. The monoisotopic (exact) mass is 284 g/mol. The molecule has 0 saturated heterocycles. The third-order valence-electron chi connectivity index (χ3n) is 3.41. The summed E-state index contributed by atoms with van der Waals surface area (Å²) in [5, 5.41) is 0. The Hall–Kier alpha value is -2.69. The van der Waals surface area contributed by atoms with Crippen molar-refractivity contribution >= 4 is 11.6 Å². The fraction of sp³-hybridized carbons (Fsp3) is 0.188. The number of para-hydroxylation sites is 1. The molecule has 0 aliphatic carbocycles. The van der Waals surface area contributed by atoms with Gasteiger partial charge in [0.2, 0.25) is 0 Å². The van der Waals surface area contributed by atoms with Gasteiger partial charge >= 0.3 is 0 Å². The number of nitrogen functional groups attached to an aromatic ring is 1. The first-order chi connectivity index (χ1) is 10.1. The molecule has 3 rings (SSSR count). The second-order valence-corrected chi connectivity index (χ2v) is 4.98. The topological polar surface area (TPSA) is 87.6 Å². The van der Waals surface area contributed by atoms with Gasteiger partial charge in [-0.05, 0) is 29.8 Å². The van der Waals surface area contributed by atoms with Crippen molar-refractivity contribution in [2.45, 2.75) is 12.5 Å². The van der Waals surface area contributed by atoms with Crippen LogP contribution in [-0.2, 0) is 6.42 Å². The molecular formula is C16H16N2O3. The minimum Gasteiger partial charge on any atom is -0.489 e. The maximum absolute atomic E-state index is 11.4. The lowest BCUT2D eigenvalue weighted by Gasteiger charge is -2.14. The van der Waals surface area contributed by atoms with Crippen LogP contribution in [0.4, 0.5) is 5.69 Å².